The third-order valence-corrected chi connectivity index (χ3v) is 13.7. The third kappa shape index (κ3) is 35.8. The van der Waals surface area contributed by atoms with Gasteiger partial charge in [-0.05, 0) is 63.5 Å². The molecule has 4 fully saturated rings. The van der Waals surface area contributed by atoms with E-state index in [9.17, 15) is 43.5 Å². The van der Waals surface area contributed by atoms with E-state index < -0.39 is 95.2 Å². The number of halogens is 2. The Hall–Kier alpha value is -3.39. The maximum atomic E-state index is 11.7. The van der Waals surface area contributed by atoms with Gasteiger partial charge in [-0.1, -0.05) is 62.7 Å². The van der Waals surface area contributed by atoms with Gasteiger partial charge in [-0.3, -0.25) is 43.3 Å². The number of methoxy groups -OCH3 is 1. The summed E-state index contributed by atoms with van der Waals surface area (Å²) >= 11 is 8.83. The molecule has 6 aliphatic heterocycles. The maximum Gasteiger partial charge on any atom is 1.00 e. The molecule has 8 heterocycles. The van der Waals surface area contributed by atoms with E-state index in [1.807, 2.05) is 0 Å². The average molecular weight is 1400 g/mol. The molecule has 8 N–H and O–H groups in total. The number of aromatic amines is 3. The topological polar surface area (TPSA) is 438 Å². The number of aliphatic hydroxyl groups is 5. The van der Waals surface area contributed by atoms with Crippen molar-refractivity contribution in [1.29, 1.82) is 0 Å². The van der Waals surface area contributed by atoms with Gasteiger partial charge in [-0.2, -0.15) is 14.2 Å². The van der Waals surface area contributed by atoms with E-state index in [1.54, 1.807) is 26.1 Å². The normalized spacial score (nSPS) is 28.6. The van der Waals surface area contributed by atoms with Gasteiger partial charge in [0.15, 0.2) is 30.7 Å². The van der Waals surface area contributed by atoms with Gasteiger partial charge in [0.25, 0.3) is 11.1 Å². The summed E-state index contributed by atoms with van der Waals surface area (Å²) in [5.74, 6) is -0.833. The van der Waals surface area contributed by atoms with E-state index in [2.05, 4.69) is 63.3 Å². The van der Waals surface area contributed by atoms with Gasteiger partial charge in [0, 0.05) is 64.7 Å². The number of ether oxygens (including phenoxy) is 11. The van der Waals surface area contributed by atoms with E-state index in [0.29, 0.717) is 35.5 Å². The van der Waals surface area contributed by atoms with E-state index in [4.69, 9.17) is 89.6 Å². The first-order chi connectivity index (χ1) is 41.0. The van der Waals surface area contributed by atoms with E-state index >= 15 is 0 Å². The van der Waals surface area contributed by atoms with Gasteiger partial charge in [0.2, 0.25) is 0 Å². The zero-order valence-electron chi connectivity index (χ0n) is 53.2. The van der Waals surface area contributed by atoms with Gasteiger partial charge in [0.1, 0.15) is 54.4 Å². The van der Waals surface area contributed by atoms with Crippen molar-refractivity contribution in [3.8, 4) is 0 Å². The van der Waals surface area contributed by atoms with Gasteiger partial charge in [0.05, 0.1) is 44.0 Å². The van der Waals surface area contributed by atoms with Crippen molar-refractivity contribution in [2.75, 3.05) is 47.8 Å². The Labute approximate surface area is 581 Å². The van der Waals surface area contributed by atoms with Crippen molar-refractivity contribution in [3.63, 3.8) is 0 Å². The van der Waals surface area contributed by atoms with Crippen LogP contribution in [0.1, 0.15) is 112 Å². The smallest absolute Gasteiger partial charge is 0.857 e. The first-order valence-corrected chi connectivity index (χ1v) is 28.8. The van der Waals surface area contributed by atoms with E-state index in [1.165, 1.54) is 64.2 Å². The number of hydrogen-bond acceptors (Lipinski definition) is 26. The minimum Gasteiger partial charge on any atom is -0.857 e. The van der Waals surface area contributed by atoms with Crippen LogP contribution < -0.4 is 91.8 Å². The molecule has 0 aliphatic carbocycles. The average Bonchev–Trinajstić information content (AvgIpc) is 1.79. The Bertz CT molecular complexity index is 2620. The standard InChI is InChI=1S/C12H18N2O3.C9H13BrO6.C9H12O5.C7H13ClO.C6H12O4.C5H6N2O2.C5H8O3.2CH3O.CH4.2Na/c1-4-9-7(2)5-10(17-9)14-6-8(3)11(15)13-12(14)16;1-4(11)15-6-3-14-9(10)7(13)8(6)16-5(2)12;1-6(10)13-8-3-4-12-5-9(8)14-7(2)11;1-3-6-5(2)4-7(8)9-6;1-9-6-2-4(8)5(3-7)10-6;1-3-2-6-5(9)7-4(3)8;6-4-1-2-8-3-5(4)7;2*1-2;;;/h6-7,9-10H,4-5H2,1-3H3,(H,13,15,16);6-9,13H,3H2,1-2H3;3-4,8-9H,5H2,1-2H3;5-7H,3-4H2,1-2H3;4-8H,2-3H2,1H3;2H,1H3,(H2,6,7,8,9);1-2,4-7H,3H2;2*1H3;1H4;;/q;;;;;;;2*-1;;2*+1/t7-,9+,10?;6-,7+,8-,9-;8-,9+;5-,6+,7-;4-,5+,6?;;4-,5+;;;;;/m10111.1...../s1. The largest absolute Gasteiger partial charge is 1.00 e. The molecule has 6 aliphatic rings. The molecule has 0 bridgehead atoms. The van der Waals surface area contributed by atoms with Gasteiger partial charge >= 0.3 is 94.4 Å². The summed E-state index contributed by atoms with van der Waals surface area (Å²) in [6.45, 7) is 17.2. The predicted molar refractivity (Wildman–Crippen MR) is 316 cm³/mol. The molecule has 0 amide bonds. The van der Waals surface area contributed by atoms with Crippen LogP contribution in [0.15, 0.2) is 56.2 Å². The number of carbonyl (C=O) groups excluding carboxylic acids is 4. The summed E-state index contributed by atoms with van der Waals surface area (Å²) in [5, 5.41) is 60.8. The van der Waals surface area contributed by atoms with E-state index in [-0.39, 0.29) is 128 Å². The third-order valence-electron chi connectivity index (χ3n) is 12.6. The second kappa shape index (κ2) is 51.0. The number of aliphatic hydroxyl groups excluding tert-OH is 5. The summed E-state index contributed by atoms with van der Waals surface area (Å²) in [6.07, 6.45) is 6.57. The Morgan fingerprint density at radius 3 is 1.64 bits per heavy atom. The Balaban J connectivity index is -0.000000479. The number of esters is 4. The molecular weight excluding hydrogens is 1310 g/mol. The molecule has 0 aromatic carbocycles. The Kier molecular flexibility index (Phi) is 52.7. The molecular formula is C56H92BrClN4Na2O26. The minimum absolute atomic E-state index is 0. The number of aromatic nitrogens is 4. The second-order valence-corrected chi connectivity index (χ2v) is 20.9. The van der Waals surface area contributed by atoms with Crippen molar-refractivity contribution < 1.29 is 166 Å². The van der Waals surface area contributed by atoms with E-state index in [0.717, 1.165) is 39.9 Å². The summed E-state index contributed by atoms with van der Waals surface area (Å²) in [7, 11) is 3.01. The zero-order chi connectivity index (χ0) is 66.7. The van der Waals surface area contributed by atoms with Gasteiger partial charge < -0.3 is 92.8 Å². The molecule has 508 valence electrons. The van der Waals surface area contributed by atoms with Crippen LogP contribution in [-0.2, 0) is 71.3 Å². The minimum atomic E-state index is -1.08. The summed E-state index contributed by atoms with van der Waals surface area (Å²) in [6, 6.07) is 0. The molecule has 0 saturated carbocycles. The monoisotopic (exact) mass is 1400 g/mol. The van der Waals surface area contributed by atoms with Crippen molar-refractivity contribution in [3.05, 3.63) is 89.9 Å². The van der Waals surface area contributed by atoms with Crippen LogP contribution in [0.25, 0.3) is 0 Å². The molecule has 30 nitrogen and oxygen atoms in total. The van der Waals surface area contributed by atoms with Crippen LogP contribution in [-0.4, -0.2) is 201 Å². The maximum absolute atomic E-state index is 11.7. The van der Waals surface area contributed by atoms with Crippen LogP contribution in [0.2, 0.25) is 0 Å². The molecule has 4 saturated heterocycles. The number of rotatable bonds is 9. The number of nitrogens with one attached hydrogen (secondary N) is 3. The first kappa shape index (κ1) is 93.0. The fourth-order valence-electron chi connectivity index (χ4n) is 8.19. The van der Waals surface area contributed by atoms with Gasteiger partial charge in [-0.15, -0.1) is 0 Å². The molecule has 0 spiro atoms. The Morgan fingerprint density at radius 1 is 0.700 bits per heavy atom. The van der Waals surface area contributed by atoms with Crippen LogP contribution in [0, 0.1) is 25.7 Å². The molecule has 90 heavy (non-hydrogen) atoms. The molecule has 0 radical (unpaired) electrons. The number of H-pyrrole nitrogens is 3. The molecule has 8 rings (SSSR count). The van der Waals surface area contributed by atoms with Crippen molar-refractivity contribution in [2.45, 2.75) is 199 Å². The predicted octanol–water partition coefficient (Wildman–Crippen LogP) is -5.76. The van der Waals surface area contributed by atoms with Crippen LogP contribution >= 0.6 is 27.5 Å². The fraction of sp³-hybridized carbons (Fsp3) is 0.714. The second-order valence-electron chi connectivity index (χ2n) is 19.5. The molecule has 2 aromatic rings. The van der Waals surface area contributed by atoms with Gasteiger partial charge in [-0.25, -0.2) is 9.59 Å². The molecule has 2 unspecified atom stereocenters. The molecule has 2 aromatic heterocycles. The van der Waals surface area contributed by atoms with Crippen molar-refractivity contribution in [2.24, 2.45) is 11.8 Å². The summed E-state index contributed by atoms with van der Waals surface area (Å²) < 4.78 is 56.9. The quantitative estimate of drug-likeness (QED) is 0.0502. The SMILES string of the molecule is C.CC(=O)O[C@@H]1[C@@H](O)[C@@H](Br)OC[C@@H]1OC(C)=O.CC(=O)O[C@H]1COC=C[C@H]1OC(C)=O.CC[C@@H]1OC(n2cc(C)c(=O)[nH]c2=O)C[C@H]1C.CC[C@@H]1O[C@@H](Cl)C[C@H]1C.COC1C[C@@H](O)[C@H](CO)O1.C[O-].C[O-].Cc1c[nH]c(=O)[nH]c1=O.O[C@@H]1C=COC[C@@H]1O.[Na+].[Na+]. The number of hydrogen-bond donors (Lipinski definition) is 8. The number of nitrogens with zero attached hydrogens (tertiary/aromatic N) is 1. The van der Waals surface area contributed by atoms with Crippen molar-refractivity contribution in [1.82, 2.24) is 19.5 Å². The number of carbonyl (C=O) groups is 4. The van der Waals surface area contributed by atoms with Crippen molar-refractivity contribution >= 4 is 51.4 Å². The number of alkyl halides is 2. The first-order valence-electron chi connectivity index (χ1n) is 27.4. The van der Waals surface area contributed by atoms with Crippen LogP contribution in [0.5, 0.6) is 0 Å². The van der Waals surface area contributed by atoms with Crippen LogP contribution in [0.4, 0.5) is 0 Å². The molecule has 17 atom stereocenters. The summed E-state index contributed by atoms with van der Waals surface area (Å²) in [4.78, 5) is 93.7. The Morgan fingerprint density at radius 2 is 1.22 bits per heavy atom. The zero-order valence-corrected chi connectivity index (χ0v) is 59.5. The number of aryl methyl sites for hydroxylation is 2. The fourth-order valence-corrected chi connectivity index (χ4v) is 9.05. The molecule has 34 heteroatoms. The van der Waals surface area contributed by atoms with Crippen LogP contribution in [0.3, 0.4) is 0 Å². The summed E-state index contributed by atoms with van der Waals surface area (Å²) in [5.41, 5.74) is -0.511.